The van der Waals surface area contributed by atoms with E-state index in [1.165, 1.54) is 18.2 Å². The molecule has 0 spiro atoms. The number of carboxylic acid groups (broad SMARTS) is 1. The highest BCUT2D eigenvalue weighted by Crippen LogP contribution is 2.31. The van der Waals surface area contributed by atoms with Crippen LogP contribution in [0.3, 0.4) is 0 Å². The minimum Gasteiger partial charge on any atom is -0.478 e. The van der Waals surface area contributed by atoms with Gasteiger partial charge >= 0.3 is 5.97 Å². The first-order chi connectivity index (χ1) is 14.9. The summed E-state index contributed by atoms with van der Waals surface area (Å²) in [6, 6.07) is 6.41. The predicted molar refractivity (Wildman–Crippen MR) is 123 cm³/mol. The number of allylic oxidation sites excluding steroid dienone is 10. The van der Waals surface area contributed by atoms with E-state index in [-0.39, 0.29) is 17.1 Å². The number of hydrogen-bond acceptors (Lipinski definition) is 3. The summed E-state index contributed by atoms with van der Waals surface area (Å²) in [7, 11) is 0. The molecule has 0 aromatic heterocycles. The van der Waals surface area contributed by atoms with E-state index >= 15 is 0 Å². The van der Waals surface area contributed by atoms with Crippen molar-refractivity contribution in [3.05, 3.63) is 88.1 Å². The molecule has 4 nitrogen and oxygen atoms in total. The van der Waals surface area contributed by atoms with Crippen LogP contribution in [0.5, 0.6) is 0 Å². The fraction of sp³-hybridized carbons (Fsp3) is 0.296. The van der Waals surface area contributed by atoms with Crippen LogP contribution in [0.25, 0.3) is 5.57 Å². The van der Waals surface area contributed by atoms with Crippen LogP contribution in [0.15, 0.2) is 76.9 Å². The summed E-state index contributed by atoms with van der Waals surface area (Å²) in [4.78, 5) is 36.8. The summed E-state index contributed by atoms with van der Waals surface area (Å²) in [6.07, 6.45) is 14.4. The van der Waals surface area contributed by atoms with Gasteiger partial charge in [0.1, 0.15) is 0 Å². The van der Waals surface area contributed by atoms with Crippen molar-refractivity contribution >= 4 is 23.1 Å². The van der Waals surface area contributed by atoms with Gasteiger partial charge in [-0.15, -0.1) is 0 Å². The summed E-state index contributed by atoms with van der Waals surface area (Å²) in [6.45, 7) is 4.22. The smallest absolute Gasteiger partial charge is 0.335 e. The molecule has 0 amide bonds. The number of carbonyl (C=O) groups excluding carboxylic acids is 2. The SMILES string of the molecule is CCCCC1=CC(=C2C=CC(=O)C(c3cccc(C(=O)O)c3)=C2)C=C(CCCC)C1=O. The fourth-order valence-corrected chi connectivity index (χ4v) is 3.78. The predicted octanol–water partition coefficient (Wildman–Crippen LogP) is 6.02. The first-order valence-corrected chi connectivity index (χ1v) is 10.9. The Morgan fingerprint density at radius 3 is 2.10 bits per heavy atom. The van der Waals surface area contributed by atoms with Gasteiger partial charge in [0.2, 0.25) is 0 Å². The zero-order valence-electron chi connectivity index (χ0n) is 18.1. The summed E-state index contributed by atoms with van der Waals surface area (Å²) >= 11 is 0. The quantitative estimate of drug-likeness (QED) is 0.562. The molecule has 0 saturated carbocycles. The van der Waals surface area contributed by atoms with Crippen LogP contribution < -0.4 is 0 Å². The van der Waals surface area contributed by atoms with Crippen molar-refractivity contribution in [3.63, 3.8) is 0 Å². The molecule has 31 heavy (non-hydrogen) atoms. The molecule has 0 heterocycles. The van der Waals surface area contributed by atoms with Gasteiger partial charge < -0.3 is 5.11 Å². The number of hydrogen-bond donors (Lipinski definition) is 1. The molecular formula is C27H28O4. The Morgan fingerprint density at radius 1 is 0.871 bits per heavy atom. The average Bonchev–Trinajstić information content (AvgIpc) is 2.78. The standard InChI is InChI=1S/C27H28O4/c1-3-5-8-20-15-23(16-21(26(20)29)9-6-4-2)18-12-13-25(28)24(17-18)19-10-7-11-22(14-19)27(30)31/h7,10-17H,3-6,8-9H2,1-2H3,(H,30,31). The second kappa shape index (κ2) is 10.2. The number of Topliss-reactive ketones (excluding diaryl/α,β-unsaturated/α-hetero) is 1. The molecule has 1 N–H and O–H groups in total. The lowest BCUT2D eigenvalue weighted by molar-refractivity contribution is -0.112. The highest BCUT2D eigenvalue weighted by Gasteiger charge is 2.22. The molecule has 0 radical (unpaired) electrons. The minimum absolute atomic E-state index is 0.139. The van der Waals surface area contributed by atoms with E-state index < -0.39 is 5.97 Å². The van der Waals surface area contributed by atoms with Crippen molar-refractivity contribution in [2.75, 3.05) is 0 Å². The highest BCUT2D eigenvalue weighted by molar-refractivity contribution is 6.28. The van der Waals surface area contributed by atoms with Crippen molar-refractivity contribution in [1.82, 2.24) is 0 Å². The van der Waals surface area contributed by atoms with Crippen LogP contribution in [0.2, 0.25) is 0 Å². The maximum Gasteiger partial charge on any atom is 0.335 e. The number of ketones is 2. The molecule has 0 aliphatic heterocycles. The normalized spacial score (nSPS) is 16.3. The van der Waals surface area contributed by atoms with Gasteiger partial charge in [0, 0.05) is 16.7 Å². The van der Waals surface area contributed by atoms with Gasteiger partial charge in [-0.1, -0.05) is 44.9 Å². The fourth-order valence-electron chi connectivity index (χ4n) is 3.78. The first kappa shape index (κ1) is 22.4. The Labute approximate surface area is 183 Å². The summed E-state index contributed by atoms with van der Waals surface area (Å²) in [5.41, 5.74) is 4.60. The van der Waals surface area contributed by atoms with E-state index in [1.54, 1.807) is 24.3 Å². The number of aromatic carboxylic acids is 1. The third-order valence-corrected chi connectivity index (χ3v) is 5.58. The highest BCUT2D eigenvalue weighted by atomic mass is 16.4. The van der Waals surface area contributed by atoms with Crippen LogP contribution in [0.4, 0.5) is 0 Å². The second-order valence-corrected chi connectivity index (χ2v) is 7.93. The van der Waals surface area contributed by atoms with Gasteiger partial charge in [-0.2, -0.15) is 0 Å². The van der Waals surface area contributed by atoms with E-state index in [9.17, 15) is 19.5 Å². The zero-order chi connectivity index (χ0) is 22.4. The molecule has 0 fully saturated rings. The van der Waals surface area contributed by atoms with Crippen molar-refractivity contribution in [2.45, 2.75) is 52.4 Å². The van der Waals surface area contributed by atoms with E-state index in [0.717, 1.165) is 60.8 Å². The molecule has 0 atom stereocenters. The summed E-state index contributed by atoms with van der Waals surface area (Å²) in [5.74, 6) is -1.05. The molecule has 0 saturated heterocycles. The first-order valence-electron chi connectivity index (χ1n) is 10.9. The second-order valence-electron chi connectivity index (χ2n) is 7.93. The molecule has 3 rings (SSSR count). The van der Waals surface area contributed by atoms with Gasteiger partial charge in [-0.05, 0) is 78.8 Å². The van der Waals surface area contributed by atoms with Crippen molar-refractivity contribution < 1.29 is 19.5 Å². The van der Waals surface area contributed by atoms with Crippen LogP contribution >= 0.6 is 0 Å². The number of unbranched alkanes of at least 4 members (excludes halogenated alkanes) is 2. The number of carbonyl (C=O) groups is 3. The number of benzene rings is 1. The Morgan fingerprint density at radius 2 is 1.52 bits per heavy atom. The Kier molecular flexibility index (Phi) is 7.35. The molecule has 1 aromatic carbocycles. The topological polar surface area (TPSA) is 71.4 Å². The average molecular weight is 417 g/mol. The molecular weight excluding hydrogens is 388 g/mol. The van der Waals surface area contributed by atoms with Gasteiger partial charge in [0.25, 0.3) is 0 Å². The Bertz CT molecular complexity index is 1030. The number of rotatable bonds is 8. The number of carboxylic acids is 1. The van der Waals surface area contributed by atoms with E-state index in [1.807, 2.05) is 12.2 Å². The summed E-state index contributed by atoms with van der Waals surface area (Å²) in [5, 5.41) is 9.28. The third-order valence-electron chi connectivity index (χ3n) is 5.58. The van der Waals surface area contributed by atoms with E-state index in [0.29, 0.717) is 11.1 Å². The van der Waals surface area contributed by atoms with Gasteiger partial charge in [0.05, 0.1) is 5.56 Å². The molecule has 0 unspecified atom stereocenters. The summed E-state index contributed by atoms with van der Waals surface area (Å²) < 4.78 is 0. The molecule has 160 valence electrons. The lowest BCUT2D eigenvalue weighted by atomic mass is 9.84. The lowest BCUT2D eigenvalue weighted by Crippen LogP contribution is -2.12. The van der Waals surface area contributed by atoms with E-state index in [4.69, 9.17) is 0 Å². The zero-order valence-corrected chi connectivity index (χ0v) is 18.1. The molecule has 4 heteroatoms. The molecule has 2 aliphatic carbocycles. The molecule has 0 bridgehead atoms. The van der Waals surface area contributed by atoms with Crippen LogP contribution in [0, 0.1) is 0 Å². The monoisotopic (exact) mass is 416 g/mol. The lowest BCUT2D eigenvalue weighted by Gasteiger charge is -2.18. The Hall–Kier alpha value is -3.27. The van der Waals surface area contributed by atoms with Crippen molar-refractivity contribution in [2.24, 2.45) is 0 Å². The van der Waals surface area contributed by atoms with Crippen molar-refractivity contribution in [3.8, 4) is 0 Å². The van der Waals surface area contributed by atoms with Gasteiger partial charge in [0.15, 0.2) is 11.6 Å². The Balaban J connectivity index is 2.07. The van der Waals surface area contributed by atoms with Crippen LogP contribution in [-0.2, 0) is 9.59 Å². The maximum absolute atomic E-state index is 12.9. The van der Waals surface area contributed by atoms with Crippen LogP contribution in [-0.4, -0.2) is 22.6 Å². The van der Waals surface area contributed by atoms with Gasteiger partial charge in [-0.3, -0.25) is 9.59 Å². The minimum atomic E-state index is -1.03. The van der Waals surface area contributed by atoms with Gasteiger partial charge in [-0.25, -0.2) is 4.79 Å². The largest absolute Gasteiger partial charge is 0.478 e. The van der Waals surface area contributed by atoms with Crippen LogP contribution in [0.1, 0.15) is 68.3 Å². The van der Waals surface area contributed by atoms with Crippen molar-refractivity contribution in [1.29, 1.82) is 0 Å². The molecule has 2 aliphatic rings. The molecule has 1 aromatic rings. The third kappa shape index (κ3) is 5.26. The maximum atomic E-state index is 12.9. The van der Waals surface area contributed by atoms with E-state index in [2.05, 4.69) is 13.8 Å².